The number of fused-ring (bicyclic) bond motifs is 1. The van der Waals surface area contributed by atoms with Crippen LogP contribution in [0.25, 0.3) is 11.0 Å². The second-order valence-electron chi connectivity index (χ2n) is 6.56. The van der Waals surface area contributed by atoms with Crippen LogP contribution in [0.1, 0.15) is 55.9 Å². The van der Waals surface area contributed by atoms with E-state index in [4.69, 9.17) is 0 Å². The Morgan fingerprint density at radius 3 is 2.81 bits per heavy atom. The maximum absolute atomic E-state index is 12.4. The highest BCUT2D eigenvalue weighted by Gasteiger charge is 2.36. The number of H-pyrrole nitrogens is 1. The molecule has 0 radical (unpaired) electrons. The number of hydrogen-bond donors (Lipinski definition) is 2. The third kappa shape index (κ3) is 2.17. The van der Waals surface area contributed by atoms with E-state index < -0.39 is 5.97 Å². The first kappa shape index (κ1) is 13.9. The Hall–Kier alpha value is -2.04. The number of para-hydroxylation sites is 1. The van der Waals surface area contributed by atoms with Gasteiger partial charge >= 0.3 is 11.7 Å². The number of imidazole rings is 1. The number of carbonyl (C=O) groups is 1. The lowest BCUT2D eigenvalue weighted by molar-refractivity contribution is 0.0697. The second kappa shape index (κ2) is 4.76. The van der Waals surface area contributed by atoms with Gasteiger partial charge in [-0.3, -0.25) is 4.57 Å². The van der Waals surface area contributed by atoms with Gasteiger partial charge in [-0.15, -0.1) is 0 Å². The summed E-state index contributed by atoms with van der Waals surface area (Å²) in [6.07, 6.45) is 4.19. The zero-order valence-electron chi connectivity index (χ0n) is 12.3. The van der Waals surface area contributed by atoms with Crippen LogP contribution >= 0.6 is 0 Å². The fourth-order valence-electron chi connectivity index (χ4n) is 3.61. The number of hydrogen-bond acceptors (Lipinski definition) is 2. The molecule has 112 valence electrons. The molecule has 2 aromatic rings. The molecule has 5 nitrogen and oxygen atoms in total. The van der Waals surface area contributed by atoms with Crippen LogP contribution in [0.15, 0.2) is 23.0 Å². The van der Waals surface area contributed by atoms with Crippen molar-refractivity contribution in [3.05, 3.63) is 34.2 Å². The summed E-state index contributed by atoms with van der Waals surface area (Å²) in [5.41, 5.74) is 1.09. The van der Waals surface area contributed by atoms with Gasteiger partial charge in [0.1, 0.15) is 0 Å². The van der Waals surface area contributed by atoms with Crippen molar-refractivity contribution in [2.75, 3.05) is 0 Å². The number of aromatic amines is 1. The lowest BCUT2D eigenvalue weighted by atomic mass is 9.73. The van der Waals surface area contributed by atoms with Crippen molar-refractivity contribution in [1.82, 2.24) is 9.55 Å². The predicted octanol–water partition coefficient (Wildman–Crippen LogP) is 3.17. The minimum absolute atomic E-state index is 0.0111. The van der Waals surface area contributed by atoms with Gasteiger partial charge in [-0.2, -0.15) is 0 Å². The largest absolute Gasteiger partial charge is 0.478 e. The number of carboxylic acid groups (broad SMARTS) is 1. The Morgan fingerprint density at radius 1 is 1.38 bits per heavy atom. The van der Waals surface area contributed by atoms with Crippen LogP contribution in [0, 0.1) is 5.41 Å². The summed E-state index contributed by atoms with van der Waals surface area (Å²) in [6, 6.07) is 5.02. The normalized spacial score (nSPS) is 21.5. The van der Waals surface area contributed by atoms with E-state index >= 15 is 0 Å². The summed E-state index contributed by atoms with van der Waals surface area (Å²) in [7, 11) is 0. The Kier molecular flexibility index (Phi) is 3.15. The van der Waals surface area contributed by atoms with E-state index in [2.05, 4.69) is 18.8 Å². The Balaban J connectivity index is 2.29. The van der Waals surface area contributed by atoms with Gasteiger partial charge in [0.15, 0.2) is 0 Å². The first-order valence-electron chi connectivity index (χ1n) is 7.38. The zero-order valence-corrected chi connectivity index (χ0v) is 12.3. The van der Waals surface area contributed by atoms with Crippen molar-refractivity contribution in [3.8, 4) is 0 Å². The highest BCUT2D eigenvalue weighted by atomic mass is 16.4. The Bertz CT molecular complexity index is 754. The van der Waals surface area contributed by atoms with Gasteiger partial charge in [-0.05, 0) is 30.4 Å². The van der Waals surface area contributed by atoms with Crippen molar-refractivity contribution in [2.45, 2.75) is 45.6 Å². The minimum atomic E-state index is -0.998. The number of aromatic nitrogens is 2. The third-order valence-electron chi connectivity index (χ3n) is 4.73. The maximum atomic E-state index is 12.4. The third-order valence-corrected chi connectivity index (χ3v) is 4.73. The first-order chi connectivity index (χ1) is 9.92. The number of nitrogens with one attached hydrogen (secondary N) is 1. The minimum Gasteiger partial charge on any atom is -0.478 e. The summed E-state index contributed by atoms with van der Waals surface area (Å²) >= 11 is 0. The highest BCUT2D eigenvalue weighted by Crippen LogP contribution is 2.44. The molecule has 5 heteroatoms. The summed E-state index contributed by atoms with van der Waals surface area (Å²) in [5, 5.41) is 9.42. The molecular formula is C16H20N2O3. The van der Waals surface area contributed by atoms with E-state index in [0.29, 0.717) is 11.0 Å². The molecule has 1 fully saturated rings. The maximum Gasteiger partial charge on any atom is 0.337 e. The number of nitrogens with zero attached hydrogens (tertiary/aromatic N) is 1. The van der Waals surface area contributed by atoms with Crippen LogP contribution in [0.3, 0.4) is 0 Å². The quantitative estimate of drug-likeness (QED) is 0.891. The fraction of sp³-hybridized carbons (Fsp3) is 0.500. The molecule has 1 saturated carbocycles. The number of carboxylic acids is 1. The van der Waals surface area contributed by atoms with E-state index in [9.17, 15) is 14.7 Å². The van der Waals surface area contributed by atoms with Crippen LogP contribution in [0.2, 0.25) is 0 Å². The number of rotatable bonds is 2. The van der Waals surface area contributed by atoms with Crippen LogP contribution in [0.4, 0.5) is 0 Å². The molecular weight excluding hydrogens is 268 g/mol. The molecule has 0 spiro atoms. The Morgan fingerprint density at radius 2 is 2.14 bits per heavy atom. The molecule has 2 N–H and O–H groups in total. The van der Waals surface area contributed by atoms with Crippen LogP contribution < -0.4 is 5.69 Å². The van der Waals surface area contributed by atoms with Crippen LogP contribution in [-0.2, 0) is 0 Å². The summed E-state index contributed by atoms with van der Waals surface area (Å²) < 4.78 is 1.68. The molecule has 1 atom stereocenters. The second-order valence-corrected chi connectivity index (χ2v) is 6.56. The van der Waals surface area contributed by atoms with Gasteiger partial charge < -0.3 is 10.1 Å². The molecule has 0 saturated heterocycles. The lowest BCUT2D eigenvalue weighted by Crippen LogP contribution is -2.35. The molecule has 0 aliphatic heterocycles. The van der Waals surface area contributed by atoms with Gasteiger partial charge in [-0.25, -0.2) is 9.59 Å². The van der Waals surface area contributed by atoms with Gasteiger partial charge in [0, 0.05) is 6.04 Å². The standard InChI is InChI=1S/C16H20N2O3/c1-16(2)9-4-3-8-12(16)18-13-10(14(19)20)6-5-7-11(13)17-15(18)21/h5-7,12H,3-4,8-9H2,1-2H3,(H,17,21)(H,19,20). The summed E-state index contributed by atoms with van der Waals surface area (Å²) in [5.74, 6) is -0.998. The topological polar surface area (TPSA) is 75.1 Å². The average Bonchev–Trinajstić information content (AvgIpc) is 2.74. The molecule has 1 aliphatic carbocycles. The Labute approximate surface area is 122 Å². The smallest absolute Gasteiger partial charge is 0.337 e. The van der Waals surface area contributed by atoms with Gasteiger partial charge in [0.25, 0.3) is 0 Å². The molecule has 1 aromatic carbocycles. The molecule has 3 rings (SSSR count). The average molecular weight is 288 g/mol. The van der Waals surface area contributed by atoms with Crippen molar-refractivity contribution in [2.24, 2.45) is 5.41 Å². The zero-order chi connectivity index (χ0) is 15.2. The summed E-state index contributed by atoms with van der Waals surface area (Å²) in [6.45, 7) is 4.32. The van der Waals surface area contributed by atoms with Crippen molar-refractivity contribution >= 4 is 17.0 Å². The lowest BCUT2D eigenvalue weighted by Gasteiger charge is -2.39. The highest BCUT2D eigenvalue weighted by molar-refractivity contribution is 6.01. The van der Waals surface area contributed by atoms with E-state index in [1.165, 1.54) is 0 Å². The molecule has 1 aliphatic rings. The number of benzene rings is 1. The van der Waals surface area contributed by atoms with E-state index in [-0.39, 0.29) is 22.7 Å². The predicted molar refractivity (Wildman–Crippen MR) is 80.8 cm³/mol. The van der Waals surface area contributed by atoms with Crippen molar-refractivity contribution in [1.29, 1.82) is 0 Å². The molecule has 21 heavy (non-hydrogen) atoms. The van der Waals surface area contributed by atoms with Crippen molar-refractivity contribution in [3.63, 3.8) is 0 Å². The molecule has 0 amide bonds. The SMILES string of the molecule is CC1(C)CCCCC1n1c(=O)[nH]c2cccc(C(=O)O)c21. The van der Waals surface area contributed by atoms with Crippen LogP contribution in [-0.4, -0.2) is 20.6 Å². The van der Waals surface area contributed by atoms with Gasteiger partial charge in [0.2, 0.25) is 0 Å². The monoisotopic (exact) mass is 288 g/mol. The molecule has 1 aromatic heterocycles. The molecule has 1 unspecified atom stereocenters. The van der Waals surface area contributed by atoms with Gasteiger partial charge in [-0.1, -0.05) is 32.8 Å². The molecule has 1 heterocycles. The molecule has 0 bridgehead atoms. The first-order valence-corrected chi connectivity index (χ1v) is 7.38. The van der Waals surface area contributed by atoms with E-state index in [0.717, 1.165) is 25.7 Å². The fourth-order valence-corrected chi connectivity index (χ4v) is 3.61. The van der Waals surface area contributed by atoms with Gasteiger partial charge in [0.05, 0.1) is 16.6 Å². The number of aromatic carboxylic acids is 1. The van der Waals surface area contributed by atoms with E-state index in [1.54, 1.807) is 22.8 Å². The van der Waals surface area contributed by atoms with Crippen molar-refractivity contribution < 1.29 is 9.90 Å². The summed E-state index contributed by atoms with van der Waals surface area (Å²) in [4.78, 5) is 26.7. The van der Waals surface area contributed by atoms with E-state index in [1.807, 2.05) is 0 Å². The van der Waals surface area contributed by atoms with Crippen LogP contribution in [0.5, 0.6) is 0 Å².